The molecule has 0 saturated heterocycles. The number of nitrogens with one attached hydrogen (secondary N) is 1. The van der Waals surface area contributed by atoms with E-state index in [2.05, 4.69) is 25.9 Å². The van der Waals surface area contributed by atoms with Gasteiger partial charge in [-0.05, 0) is 58.9 Å². The number of sulfonamides is 1. The van der Waals surface area contributed by atoms with E-state index in [1.807, 2.05) is 13.8 Å². The zero-order valence-corrected chi connectivity index (χ0v) is 16.4. The lowest BCUT2D eigenvalue weighted by atomic mass is 10.2. The molecule has 2 aromatic rings. The fraction of sp³-hybridized carbons (Fsp3) is 0.267. The third kappa shape index (κ3) is 4.71. The number of hydrogen-bond acceptors (Lipinski definition) is 6. The molecule has 6 nitrogen and oxygen atoms in total. The number of ether oxygens (including phenoxy) is 2. The Balaban J connectivity index is 2.20. The van der Waals surface area contributed by atoms with Crippen molar-refractivity contribution in [3.63, 3.8) is 0 Å². The highest BCUT2D eigenvalue weighted by atomic mass is 79.9. The highest BCUT2D eigenvalue weighted by molar-refractivity contribution is 9.10. The van der Waals surface area contributed by atoms with Crippen LogP contribution in [0.1, 0.15) is 19.4 Å². The molecule has 0 aliphatic heterocycles. The molecule has 1 aromatic carbocycles. The summed E-state index contributed by atoms with van der Waals surface area (Å²) in [5.74, 6) is 1.17. The molecule has 0 unspecified atom stereocenters. The molecule has 0 aliphatic rings. The lowest BCUT2D eigenvalue weighted by Gasteiger charge is -2.13. The van der Waals surface area contributed by atoms with Crippen molar-refractivity contribution in [1.82, 2.24) is 4.83 Å². The van der Waals surface area contributed by atoms with E-state index in [1.54, 1.807) is 23.6 Å². The van der Waals surface area contributed by atoms with Gasteiger partial charge in [-0.15, -0.1) is 11.3 Å². The van der Waals surface area contributed by atoms with E-state index in [1.165, 1.54) is 12.3 Å². The molecule has 1 heterocycles. The van der Waals surface area contributed by atoms with E-state index >= 15 is 0 Å². The first-order chi connectivity index (χ1) is 11.5. The van der Waals surface area contributed by atoms with Crippen molar-refractivity contribution < 1.29 is 17.9 Å². The van der Waals surface area contributed by atoms with Gasteiger partial charge in [0.2, 0.25) is 0 Å². The number of hydrogen-bond donors (Lipinski definition) is 1. The van der Waals surface area contributed by atoms with Crippen LogP contribution in [0.3, 0.4) is 0 Å². The van der Waals surface area contributed by atoms with Gasteiger partial charge in [0.05, 0.1) is 23.9 Å². The Morgan fingerprint density at radius 1 is 1.29 bits per heavy atom. The summed E-state index contributed by atoms with van der Waals surface area (Å²) in [6, 6.07) is 6.70. The lowest BCUT2D eigenvalue weighted by Crippen LogP contribution is -2.17. The normalized spacial score (nSPS) is 11.6. The van der Waals surface area contributed by atoms with E-state index in [0.717, 1.165) is 11.3 Å². The second kappa shape index (κ2) is 8.50. The molecule has 0 atom stereocenters. The Hall–Kier alpha value is -1.58. The van der Waals surface area contributed by atoms with Crippen LogP contribution in [0.2, 0.25) is 0 Å². The van der Waals surface area contributed by atoms with Gasteiger partial charge in [0.1, 0.15) is 4.21 Å². The van der Waals surface area contributed by atoms with Gasteiger partial charge in [-0.2, -0.15) is 18.4 Å². The van der Waals surface area contributed by atoms with E-state index in [0.29, 0.717) is 34.7 Å². The van der Waals surface area contributed by atoms with E-state index in [4.69, 9.17) is 9.47 Å². The molecular formula is C15H17BrN2O4S2. The average Bonchev–Trinajstić information content (AvgIpc) is 3.06. The van der Waals surface area contributed by atoms with Crippen LogP contribution >= 0.6 is 27.3 Å². The summed E-state index contributed by atoms with van der Waals surface area (Å²) in [6.45, 7) is 4.75. The van der Waals surface area contributed by atoms with Crippen molar-refractivity contribution in [2.24, 2.45) is 5.10 Å². The van der Waals surface area contributed by atoms with E-state index < -0.39 is 10.0 Å². The fourth-order valence-electron chi connectivity index (χ4n) is 1.84. The number of thiophene rings is 1. The minimum atomic E-state index is -3.63. The summed E-state index contributed by atoms with van der Waals surface area (Å²) in [5, 5.41) is 5.50. The van der Waals surface area contributed by atoms with Crippen molar-refractivity contribution in [1.29, 1.82) is 0 Å². The molecule has 1 N–H and O–H groups in total. The van der Waals surface area contributed by atoms with Gasteiger partial charge >= 0.3 is 0 Å². The fourth-order valence-corrected chi connectivity index (χ4v) is 4.19. The van der Waals surface area contributed by atoms with Gasteiger partial charge in [0.25, 0.3) is 10.0 Å². The molecule has 2 rings (SSSR count). The van der Waals surface area contributed by atoms with Crippen molar-refractivity contribution in [2.75, 3.05) is 13.2 Å². The maximum atomic E-state index is 12.0. The number of hydrazone groups is 1. The van der Waals surface area contributed by atoms with Gasteiger partial charge in [-0.25, -0.2) is 0 Å². The van der Waals surface area contributed by atoms with Crippen molar-refractivity contribution >= 4 is 43.5 Å². The molecule has 0 fully saturated rings. The molecule has 0 spiro atoms. The van der Waals surface area contributed by atoms with Gasteiger partial charge in [0, 0.05) is 0 Å². The number of benzene rings is 1. The molecule has 0 amide bonds. The molecule has 9 heteroatoms. The predicted octanol–water partition coefficient (Wildman–Crippen LogP) is 3.62. The SMILES string of the molecule is CCOc1cc(/C=N/NS(=O)(=O)c2cccs2)cc(Br)c1OCC. The first kappa shape index (κ1) is 18.8. The minimum Gasteiger partial charge on any atom is -0.490 e. The quantitative estimate of drug-likeness (QED) is 0.510. The molecule has 0 saturated carbocycles. The molecule has 130 valence electrons. The highest BCUT2D eigenvalue weighted by Gasteiger charge is 2.14. The molecule has 0 bridgehead atoms. The van der Waals surface area contributed by atoms with E-state index in [9.17, 15) is 8.42 Å². The maximum Gasteiger partial charge on any atom is 0.286 e. The van der Waals surface area contributed by atoms with Gasteiger partial charge in [-0.3, -0.25) is 0 Å². The third-order valence-electron chi connectivity index (χ3n) is 2.77. The zero-order valence-electron chi connectivity index (χ0n) is 13.2. The van der Waals surface area contributed by atoms with Crippen molar-refractivity contribution in [2.45, 2.75) is 18.1 Å². The summed E-state index contributed by atoms with van der Waals surface area (Å²) >= 11 is 4.55. The van der Waals surface area contributed by atoms with Crippen molar-refractivity contribution in [3.8, 4) is 11.5 Å². The Morgan fingerprint density at radius 3 is 2.67 bits per heavy atom. The van der Waals surface area contributed by atoms with Gasteiger partial charge < -0.3 is 9.47 Å². The lowest BCUT2D eigenvalue weighted by molar-refractivity contribution is 0.286. The molecule has 1 aromatic heterocycles. The van der Waals surface area contributed by atoms with E-state index in [-0.39, 0.29) is 4.21 Å². The molecule has 24 heavy (non-hydrogen) atoms. The monoisotopic (exact) mass is 432 g/mol. The first-order valence-corrected chi connectivity index (χ1v) is 10.3. The largest absolute Gasteiger partial charge is 0.490 e. The van der Waals surface area contributed by atoms with Gasteiger partial charge in [0.15, 0.2) is 11.5 Å². The summed E-state index contributed by atoms with van der Waals surface area (Å²) in [6.07, 6.45) is 1.41. The zero-order chi connectivity index (χ0) is 17.6. The van der Waals surface area contributed by atoms with Crippen LogP contribution in [0.15, 0.2) is 43.4 Å². The van der Waals surface area contributed by atoms with Crippen LogP contribution in [0.5, 0.6) is 11.5 Å². The number of rotatable bonds is 8. The third-order valence-corrected chi connectivity index (χ3v) is 5.98. The Morgan fingerprint density at radius 2 is 2.04 bits per heavy atom. The van der Waals surface area contributed by atoms with Crippen LogP contribution in [0.4, 0.5) is 0 Å². The topological polar surface area (TPSA) is 77.0 Å². The summed E-state index contributed by atoms with van der Waals surface area (Å²) in [5.41, 5.74) is 0.669. The molecule has 0 radical (unpaired) electrons. The van der Waals surface area contributed by atoms with Crippen LogP contribution in [-0.4, -0.2) is 27.8 Å². The van der Waals surface area contributed by atoms with Gasteiger partial charge in [-0.1, -0.05) is 6.07 Å². The molecule has 0 aliphatic carbocycles. The highest BCUT2D eigenvalue weighted by Crippen LogP contribution is 2.36. The standard InChI is InChI=1S/C15H17BrN2O4S2/c1-3-21-13-9-11(8-12(16)15(13)22-4-2)10-17-18-24(19,20)14-6-5-7-23-14/h5-10,18H,3-4H2,1-2H3/b17-10+. The number of nitrogens with zero attached hydrogens (tertiary/aromatic N) is 1. The second-order valence-corrected chi connectivity index (χ2v) is 8.17. The van der Waals surface area contributed by atoms with Crippen LogP contribution in [0, 0.1) is 0 Å². The number of halogens is 1. The van der Waals surface area contributed by atoms with Crippen LogP contribution in [0.25, 0.3) is 0 Å². The second-order valence-electron chi connectivity index (χ2n) is 4.48. The average molecular weight is 433 g/mol. The Kier molecular flexibility index (Phi) is 6.64. The maximum absolute atomic E-state index is 12.0. The first-order valence-electron chi connectivity index (χ1n) is 7.15. The Labute approximate surface area is 153 Å². The predicted molar refractivity (Wildman–Crippen MR) is 98.7 cm³/mol. The minimum absolute atomic E-state index is 0.211. The summed E-state index contributed by atoms with van der Waals surface area (Å²) in [7, 11) is -3.63. The summed E-state index contributed by atoms with van der Waals surface area (Å²) in [4.78, 5) is 2.19. The smallest absolute Gasteiger partial charge is 0.286 e. The Bertz CT molecular complexity index is 805. The van der Waals surface area contributed by atoms with Crippen LogP contribution in [-0.2, 0) is 10.0 Å². The summed E-state index contributed by atoms with van der Waals surface area (Å²) < 4.78 is 36.0. The molecular weight excluding hydrogens is 416 g/mol. The van der Waals surface area contributed by atoms with Crippen LogP contribution < -0.4 is 14.3 Å². The van der Waals surface area contributed by atoms with Crippen molar-refractivity contribution in [3.05, 3.63) is 39.7 Å².